The molecule has 5 nitrogen and oxygen atoms in total. The molecule has 0 amide bonds. The Morgan fingerprint density at radius 2 is 2.18 bits per heavy atom. The summed E-state index contributed by atoms with van der Waals surface area (Å²) in [7, 11) is 1.61. The van der Waals surface area contributed by atoms with Gasteiger partial charge in [-0.05, 0) is 50.7 Å². The Hall–Kier alpha value is -1.37. The number of methoxy groups -OCH3 is 1. The van der Waals surface area contributed by atoms with Gasteiger partial charge in [-0.25, -0.2) is 0 Å². The fourth-order valence-corrected chi connectivity index (χ4v) is 2.04. The standard InChI is InChI=1S/C15H22ClN3O2S/c1-4-21-9-5-8-17-15(22)19-18-11(2)13-10-12(16)6-7-14(13)20-3/h6-7,10H,4-5,8-9H2,1-3H3,(H2,17,19,22)/b18-11-. The van der Waals surface area contributed by atoms with Crippen molar-refractivity contribution in [3.8, 4) is 5.75 Å². The third-order valence-corrected chi connectivity index (χ3v) is 3.30. The summed E-state index contributed by atoms with van der Waals surface area (Å²) in [5, 5.41) is 8.41. The molecule has 0 aliphatic rings. The van der Waals surface area contributed by atoms with Crippen LogP contribution in [0, 0.1) is 0 Å². The number of nitrogens with zero attached hydrogens (tertiary/aromatic N) is 1. The van der Waals surface area contributed by atoms with E-state index < -0.39 is 0 Å². The number of nitrogens with one attached hydrogen (secondary N) is 2. The molecular formula is C15H22ClN3O2S. The summed E-state index contributed by atoms with van der Waals surface area (Å²) in [6.07, 6.45) is 0.889. The molecule has 0 heterocycles. The summed E-state index contributed by atoms with van der Waals surface area (Å²) in [5.41, 5.74) is 4.37. The van der Waals surface area contributed by atoms with Crippen LogP contribution in [-0.2, 0) is 4.74 Å². The minimum Gasteiger partial charge on any atom is -0.496 e. The van der Waals surface area contributed by atoms with Crippen molar-refractivity contribution in [3.05, 3.63) is 28.8 Å². The zero-order valence-corrected chi connectivity index (χ0v) is 14.7. The van der Waals surface area contributed by atoms with E-state index in [4.69, 9.17) is 33.3 Å². The van der Waals surface area contributed by atoms with Gasteiger partial charge in [0.05, 0.1) is 12.8 Å². The van der Waals surface area contributed by atoms with E-state index >= 15 is 0 Å². The van der Waals surface area contributed by atoms with Crippen LogP contribution in [0.3, 0.4) is 0 Å². The summed E-state index contributed by atoms with van der Waals surface area (Å²) < 4.78 is 10.6. The maximum atomic E-state index is 6.01. The molecule has 122 valence electrons. The van der Waals surface area contributed by atoms with Crippen LogP contribution in [0.25, 0.3) is 0 Å². The van der Waals surface area contributed by atoms with Gasteiger partial charge < -0.3 is 14.8 Å². The summed E-state index contributed by atoms with van der Waals surface area (Å²) in [4.78, 5) is 0. The van der Waals surface area contributed by atoms with Gasteiger partial charge in [-0.2, -0.15) is 5.10 Å². The minimum absolute atomic E-state index is 0.469. The third kappa shape index (κ3) is 6.60. The molecule has 2 N–H and O–H groups in total. The second kappa shape index (κ2) is 10.4. The lowest BCUT2D eigenvalue weighted by molar-refractivity contribution is 0.145. The highest BCUT2D eigenvalue weighted by Crippen LogP contribution is 2.23. The molecule has 0 aromatic heterocycles. The van der Waals surface area contributed by atoms with Crippen LogP contribution in [0.1, 0.15) is 25.8 Å². The maximum Gasteiger partial charge on any atom is 0.186 e. The predicted molar refractivity (Wildman–Crippen MR) is 95.1 cm³/mol. The van der Waals surface area contributed by atoms with Gasteiger partial charge in [0.1, 0.15) is 5.75 Å². The summed E-state index contributed by atoms with van der Waals surface area (Å²) in [5.74, 6) is 0.711. The van der Waals surface area contributed by atoms with Crippen LogP contribution in [0.4, 0.5) is 0 Å². The van der Waals surface area contributed by atoms with Gasteiger partial charge in [-0.15, -0.1) is 0 Å². The molecule has 7 heteroatoms. The molecule has 0 unspecified atom stereocenters. The Kier molecular flexibility index (Phi) is 8.81. The lowest BCUT2D eigenvalue weighted by Gasteiger charge is -2.10. The number of thiocarbonyl (C=S) groups is 1. The van der Waals surface area contributed by atoms with E-state index in [1.165, 1.54) is 0 Å². The van der Waals surface area contributed by atoms with Crippen LogP contribution >= 0.6 is 23.8 Å². The van der Waals surface area contributed by atoms with E-state index in [0.717, 1.165) is 30.8 Å². The van der Waals surface area contributed by atoms with Crippen molar-refractivity contribution in [2.24, 2.45) is 5.10 Å². The van der Waals surface area contributed by atoms with Crippen LogP contribution in [0.5, 0.6) is 5.75 Å². The quantitative estimate of drug-likeness (QED) is 0.329. The molecule has 0 bridgehead atoms. The van der Waals surface area contributed by atoms with Gasteiger partial charge in [-0.1, -0.05) is 11.6 Å². The van der Waals surface area contributed by atoms with Crippen LogP contribution in [-0.4, -0.2) is 37.7 Å². The van der Waals surface area contributed by atoms with E-state index in [2.05, 4.69) is 15.8 Å². The van der Waals surface area contributed by atoms with Gasteiger partial charge in [-0.3, -0.25) is 5.43 Å². The van der Waals surface area contributed by atoms with Crippen molar-refractivity contribution in [3.63, 3.8) is 0 Å². The van der Waals surface area contributed by atoms with Gasteiger partial charge >= 0.3 is 0 Å². The number of ether oxygens (including phenoxy) is 2. The summed E-state index contributed by atoms with van der Waals surface area (Å²) in [6.45, 7) is 6.02. The predicted octanol–water partition coefficient (Wildman–Crippen LogP) is 2.96. The second-order valence-corrected chi connectivity index (χ2v) is 5.30. The molecule has 22 heavy (non-hydrogen) atoms. The van der Waals surface area contributed by atoms with Crippen molar-refractivity contribution < 1.29 is 9.47 Å². The molecule has 1 aromatic rings. The van der Waals surface area contributed by atoms with E-state index in [1.54, 1.807) is 25.3 Å². The first kappa shape index (κ1) is 18.7. The number of benzene rings is 1. The van der Waals surface area contributed by atoms with E-state index in [9.17, 15) is 0 Å². The van der Waals surface area contributed by atoms with Crippen molar-refractivity contribution in [2.45, 2.75) is 20.3 Å². The molecule has 0 atom stereocenters. The Balaban J connectivity index is 2.51. The molecular weight excluding hydrogens is 322 g/mol. The molecule has 0 saturated heterocycles. The Bertz CT molecular complexity index is 524. The highest BCUT2D eigenvalue weighted by Gasteiger charge is 2.07. The third-order valence-electron chi connectivity index (χ3n) is 2.83. The number of hydrazone groups is 1. The molecule has 0 aliphatic heterocycles. The SMILES string of the molecule is CCOCCCNC(=S)N/N=C(/C)c1cc(Cl)ccc1OC. The number of hydrogen-bond donors (Lipinski definition) is 2. The molecule has 0 fully saturated rings. The maximum absolute atomic E-state index is 6.01. The topological polar surface area (TPSA) is 54.9 Å². The normalized spacial score (nSPS) is 11.2. The lowest BCUT2D eigenvalue weighted by Crippen LogP contribution is -2.33. The monoisotopic (exact) mass is 343 g/mol. The van der Waals surface area contributed by atoms with E-state index in [-0.39, 0.29) is 0 Å². The smallest absolute Gasteiger partial charge is 0.186 e. The van der Waals surface area contributed by atoms with Crippen LogP contribution in [0.15, 0.2) is 23.3 Å². The first-order valence-electron chi connectivity index (χ1n) is 7.08. The summed E-state index contributed by atoms with van der Waals surface area (Å²) >= 11 is 11.2. The largest absolute Gasteiger partial charge is 0.496 e. The van der Waals surface area contributed by atoms with Crippen molar-refractivity contribution >= 4 is 34.6 Å². The molecule has 0 aliphatic carbocycles. The lowest BCUT2D eigenvalue weighted by atomic mass is 10.1. The average molecular weight is 344 g/mol. The van der Waals surface area contributed by atoms with Crippen molar-refractivity contribution in [1.82, 2.24) is 10.7 Å². The fourth-order valence-electron chi connectivity index (χ4n) is 1.72. The molecule has 1 aromatic carbocycles. The van der Waals surface area contributed by atoms with Gasteiger partial charge in [0, 0.05) is 30.3 Å². The highest BCUT2D eigenvalue weighted by molar-refractivity contribution is 7.80. The summed E-state index contributed by atoms with van der Waals surface area (Å²) in [6, 6.07) is 5.38. The first-order valence-corrected chi connectivity index (χ1v) is 7.86. The molecule has 0 radical (unpaired) electrons. The number of hydrogen-bond acceptors (Lipinski definition) is 4. The zero-order valence-electron chi connectivity index (χ0n) is 13.1. The second-order valence-electron chi connectivity index (χ2n) is 4.46. The van der Waals surface area contributed by atoms with Crippen LogP contribution in [0.2, 0.25) is 5.02 Å². The van der Waals surface area contributed by atoms with Gasteiger partial charge in [0.2, 0.25) is 0 Å². The first-order chi connectivity index (χ1) is 10.6. The Morgan fingerprint density at radius 1 is 1.41 bits per heavy atom. The minimum atomic E-state index is 0.469. The van der Waals surface area contributed by atoms with Crippen molar-refractivity contribution in [1.29, 1.82) is 0 Å². The Labute approximate surface area is 142 Å². The molecule has 0 spiro atoms. The van der Waals surface area contributed by atoms with E-state index in [1.807, 2.05) is 13.8 Å². The molecule has 1 rings (SSSR count). The molecule has 0 saturated carbocycles. The van der Waals surface area contributed by atoms with Gasteiger partial charge in [0.15, 0.2) is 5.11 Å². The van der Waals surface area contributed by atoms with Crippen molar-refractivity contribution in [2.75, 3.05) is 26.9 Å². The van der Waals surface area contributed by atoms with E-state index in [0.29, 0.717) is 22.5 Å². The fraction of sp³-hybridized carbons (Fsp3) is 0.467. The van der Waals surface area contributed by atoms with Gasteiger partial charge in [0.25, 0.3) is 0 Å². The number of rotatable bonds is 8. The average Bonchev–Trinajstić information content (AvgIpc) is 2.52. The highest BCUT2D eigenvalue weighted by atomic mass is 35.5. The van der Waals surface area contributed by atoms with Crippen LogP contribution < -0.4 is 15.5 Å². The zero-order chi connectivity index (χ0) is 16.4. The number of halogens is 1. The Morgan fingerprint density at radius 3 is 2.86 bits per heavy atom.